The molecule has 1 fully saturated rings. The molecule has 1 saturated carbocycles. The molecule has 0 aliphatic heterocycles. The number of nitro benzene ring substituents is 1. The van der Waals surface area contributed by atoms with E-state index in [4.69, 9.17) is 10.5 Å². The summed E-state index contributed by atoms with van der Waals surface area (Å²) in [5.41, 5.74) is 6.45. The molecule has 1 aromatic rings. The summed E-state index contributed by atoms with van der Waals surface area (Å²) in [5.74, 6) is 0.843. The van der Waals surface area contributed by atoms with Crippen LogP contribution in [0.3, 0.4) is 0 Å². The average molecular weight is 236 g/mol. The number of nitrogens with zero attached hydrogens (tertiary/aromatic N) is 1. The van der Waals surface area contributed by atoms with E-state index in [-0.39, 0.29) is 11.4 Å². The highest BCUT2D eigenvalue weighted by Gasteiger charge is 2.20. The van der Waals surface area contributed by atoms with Gasteiger partial charge in [0.05, 0.1) is 11.5 Å². The van der Waals surface area contributed by atoms with Gasteiger partial charge in [-0.3, -0.25) is 10.1 Å². The van der Waals surface area contributed by atoms with E-state index in [9.17, 15) is 10.1 Å². The molecule has 0 radical (unpaired) electrons. The lowest BCUT2D eigenvalue weighted by Crippen LogP contribution is -2.00. The fraction of sp³-hybridized carbons (Fsp3) is 0.500. The van der Waals surface area contributed by atoms with Gasteiger partial charge < -0.3 is 10.5 Å². The monoisotopic (exact) mass is 236 g/mol. The smallest absolute Gasteiger partial charge is 0.292 e. The summed E-state index contributed by atoms with van der Waals surface area (Å²) in [6.07, 6.45) is 3.73. The van der Waals surface area contributed by atoms with Gasteiger partial charge in [0.2, 0.25) is 0 Å². The van der Waals surface area contributed by atoms with E-state index in [1.165, 1.54) is 18.9 Å². The van der Waals surface area contributed by atoms with Gasteiger partial charge in [-0.15, -0.1) is 0 Å². The van der Waals surface area contributed by atoms with E-state index in [1.807, 2.05) is 0 Å². The number of nitro groups is 1. The van der Waals surface area contributed by atoms with Crippen LogP contribution in [0.25, 0.3) is 0 Å². The summed E-state index contributed by atoms with van der Waals surface area (Å²) in [6, 6.07) is 4.80. The molecule has 5 heteroatoms. The summed E-state index contributed by atoms with van der Waals surface area (Å²) < 4.78 is 5.48. The van der Waals surface area contributed by atoms with Crippen molar-refractivity contribution in [2.24, 2.45) is 5.92 Å². The molecule has 1 aliphatic carbocycles. The van der Waals surface area contributed by atoms with Crippen LogP contribution in [0.1, 0.15) is 24.8 Å². The summed E-state index contributed by atoms with van der Waals surface area (Å²) in [6.45, 7) is 1.14. The number of anilines is 1. The highest BCUT2D eigenvalue weighted by atomic mass is 16.6. The summed E-state index contributed by atoms with van der Waals surface area (Å²) in [5, 5.41) is 10.7. The molecule has 1 aliphatic rings. The largest absolute Gasteiger partial charge is 0.393 e. The molecule has 0 unspecified atom stereocenters. The zero-order chi connectivity index (χ0) is 12.3. The second-order valence-electron chi connectivity index (χ2n) is 4.43. The number of ether oxygens (including phenoxy) is 1. The number of hydrogen-bond acceptors (Lipinski definition) is 4. The van der Waals surface area contributed by atoms with Gasteiger partial charge in [0, 0.05) is 12.7 Å². The van der Waals surface area contributed by atoms with Crippen LogP contribution in [-0.2, 0) is 11.3 Å². The van der Waals surface area contributed by atoms with Crippen molar-refractivity contribution in [3.8, 4) is 0 Å². The van der Waals surface area contributed by atoms with E-state index in [1.54, 1.807) is 12.1 Å². The van der Waals surface area contributed by atoms with E-state index >= 15 is 0 Å². The Morgan fingerprint density at radius 3 is 2.88 bits per heavy atom. The van der Waals surface area contributed by atoms with Crippen molar-refractivity contribution in [3.63, 3.8) is 0 Å². The van der Waals surface area contributed by atoms with E-state index in [0.717, 1.165) is 24.5 Å². The zero-order valence-corrected chi connectivity index (χ0v) is 9.59. The molecule has 17 heavy (non-hydrogen) atoms. The molecule has 0 bridgehead atoms. The Balaban J connectivity index is 1.86. The Labute approximate surface area is 99.7 Å². The summed E-state index contributed by atoms with van der Waals surface area (Å²) in [4.78, 5) is 10.2. The van der Waals surface area contributed by atoms with Crippen molar-refractivity contribution in [1.82, 2.24) is 0 Å². The maximum atomic E-state index is 10.7. The first kappa shape index (κ1) is 11.9. The first-order valence-corrected chi connectivity index (χ1v) is 5.77. The van der Waals surface area contributed by atoms with Crippen molar-refractivity contribution < 1.29 is 9.66 Å². The number of benzene rings is 1. The lowest BCUT2D eigenvalue weighted by atomic mass is 10.2. The normalized spacial score (nSPS) is 14.8. The highest BCUT2D eigenvalue weighted by molar-refractivity contribution is 5.59. The van der Waals surface area contributed by atoms with E-state index in [0.29, 0.717) is 6.61 Å². The number of nitrogen functional groups attached to an aromatic ring is 1. The second kappa shape index (κ2) is 5.14. The maximum absolute atomic E-state index is 10.7. The highest BCUT2D eigenvalue weighted by Crippen LogP contribution is 2.32. The molecular formula is C12H16N2O3. The third-order valence-corrected chi connectivity index (χ3v) is 2.93. The van der Waals surface area contributed by atoms with Crippen molar-refractivity contribution in [2.45, 2.75) is 25.9 Å². The zero-order valence-electron chi connectivity index (χ0n) is 9.59. The van der Waals surface area contributed by atoms with Crippen LogP contribution in [0.2, 0.25) is 0 Å². The third kappa shape index (κ3) is 3.42. The fourth-order valence-electron chi connectivity index (χ4n) is 1.68. The molecule has 0 heterocycles. The second-order valence-corrected chi connectivity index (χ2v) is 4.43. The molecule has 5 nitrogen and oxygen atoms in total. The van der Waals surface area contributed by atoms with Gasteiger partial charge in [0.1, 0.15) is 5.69 Å². The Morgan fingerprint density at radius 2 is 2.24 bits per heavy atom. The molecule has 0 amide bonds. The van der Waals surface area contributed by atoms with Crippen molar-refractivity contribution in [2.75, 3.05) is 12.3 Å². The van der Waals surface area contributed by atoms with Crippen LogP contribution in [0.5, 0.6) is 0 Å². The van der Waals surface area contributed by atoms with Gasteiger partial charge in [-0.25, -0.2) is 0 Å². The Kier molecular flexibility index (Phi) is 3.58. The van der Waals surface area contributed by atoms with Crippen LogP contribution >= 0.6 is 0 Å². The minimum Gasteiger partial charge on any atom is -0.393 e. The van der Waals surface area contributed by atoms with Gasteiger partial charge in [0.25, 0.3) is 5.69 Å². The summed E-state index contributed by atoms with van der Waals surface area (Å²) in [7, 11) is 0. The molecule has 2 rings (SSSR count). The number of nitrogens with two attached hydrogens (primary N) is 1. The SMILES string of the molecule is Nc1ccc(COCCC2CC2)cc1[N+](=O)[O-]. The predicted molar refractivity (Wildman–Crippen MR) is 64.5 cm³/mol. The molecule has 0 aromatic heterocycles. The van der Waals surface area contributed by atoms with Crippen LogP contribution in [-0.4, -0.2) is 11.5 Å². The van der Waals surface area contributed by atoms with Crippen LogP contribution in [0.15, 0.2) is 18.2 Å². The topological polar surface area (TPSA) is 78.4 Å². The van der Waals surface area contributed by atoms with Crippen LogP contribution in [0.4, 0.5) is 11.4 Å². The van der Waals surface area contributed by atoms with Crippen molar-refractivity contribution in [1.29, 1.82) is 0 Å². The minimum absolute atomic E-state index is 0.0479. The van der Waals surface area contributed by atoms with Crippen LogP contribution < -0.4 is 5.73 Å². The van der Waals surface area contributed by atoms with Gasteiger partial charge in [-0.05, 0) is 24.0 Å². The van der Waals surface area contributed by atoms with Gasteiger partial charge in [-0.2, -0.15) is 0 Å². The number of hydrogen-bond donors (Lipinski definition) is 1. The Hall–Kier alpha value is -1.62. The fourth-order valence-corrected chi connectivity index (χ4v) is 1.68. The maximum Gasteiger partial charge on any atom is 0.292 e. The van der Waals surface area contributed by atoms with Gasteiger partial charge >= 0.3 is 0 Å². The molecule has 0 spiro atoms. The van der Waals surface area contributed by atoms with Crippen molar-refractivity contribution >= 4 is 11.4 Å². The van der Waals surface area contributed by atoms with Gasteiger partial charge in [0.15, 0.2) is 0 Å². The number of rotatable bonds is 6. The predicted octanol–water partition coefficient (Wildman–Crippen LogP) is 2.49. The Bertz CT molecular complexity index is 416. The third-order valence-electron chi connectivity index (χ3n) is 2.93. The first-order valence-electron chi connectivity index (χ1n) is 5.77. The average Bonchev–Trinajstić information content (AvgIpc) is 3.10. The molecule has 0 saturated heterocycles. The van der Waals surface area contributed by atoms with E-state index < -0.39 is 4.92 Å². The van der Waals surface area contributed by atoms with Crippen LogP contribution in [0, 0.1) is 16.0 Å². The molecular weight excluding hydrogens is 220 g/mol. The molecule has 2 N–H and O–H groups in total. The van der Waals surface area contributed by atoms with Gasteiger partial charge in [-0.1, -0.05) is 18.9 Å². The lowest BCUT2D eigenvalue weighted by molar-refractivity contribution is -0.384. The standard InChI is InChI=1S/C12H16N2O3/c13-11-4-3-10(7-12(11)14(15)16)8-17-6-5-9-1-2-9/h3-4,7,9H,1-2,5-6,8,13H2. The summed E-state index contributed by atoms with van der Waals surface area (Å²) >= 11 is 0. The van der Waals surface area contributed by atoms with E-state index in [2.05, 4.69) is 0 Å². The Morgan fingerprint density at radius 1 is 1.47 bits per heavy atom. The van der Waals surface area contributed by atoms with Crippen molar-refractivity contribution in [3.05, 3.63) is 33.9 Å². The molecule has 0 atom stereocenters. The first-order chi connectivity index (χ1) is 8.16. The minimum atomic E-state index is -0.469. The lowest BCUT2D eigenvalue weighted by Gasteiger charge is -2.04. The quantitative estimate of drug-likeness (QED) is 0.356. The molecule has 92 valence electrons. The molecule has 1 aromatic carbocycles.